The first-order valence-electron chi connectivity index (χ1n) is 5.55. The van der Waals surface area contributed by atoms with Crippen LogP contribution in [0, 0.1) is 11.8 Å². The number of aliphatic hydroxyl groups is 1. The van der Waals surface area contributed by atoms with Gasteiger partial charge in [0, 0.05) is 18.8 Å². The summed E-state index contributed by atoms with van der Waals surface area (Å²) in [5, 5.41) is 8.62. The average molecular weight is 283 g/mol. The maximum Gasteiger partial charge on any atom is 0.263 e. The molecule has 1 atom stereocenters. The molecule has 1 aromatic heterocycles. The Morgan fingerprint density at radius 2 is 2.33 bits per heavy atom. The minimum Gasteiger partial charge on any atom is -0.384 e. The molecule has 1 aromatic rings. The quantitative estimate of drug-likeness (QED) is 0.858. The molecule has 0 saturated heterocycles. The Bertz CT molecular complexity index is 459. The first-order chi connectivity index (χ1) is 8.60. The summed E-state index contributed by atoms with van der Waals surface area (Å²) in [5.41, 5.74) is 0. The number of thiophene rings is 1. The lowest BCUT2D eigenvalue weighted by atomic mass is 10.3. The summed E-state index contributed by atoms with van der Waals surface area (Å²) in [6, 6.07) is 3.81. The Morgan fingerprint density at radius 1 is 1.61 bits per heavy atom. The van der Waals surface area contributed by atoms with Gasteiger partial charge in [-0.1, -0.05) is 11.8 Å². The van der Waals surface area contributed by atoms with E-state index in [-0.39, 0.29) is 18.6 Å². The van der Waals surface area contributed by atoms with Crippen LogP contribution in [-0.4, -0.2) is 47.6 Å². The first kappa shape index (κ1) is 15.1. The molecule has 0 aliphatic rings. The van der Waals surface area contributed by atoms with Gasteiger partial charge < -0.3 is 10.0 Å². The van der Waals surface area contributed by atoms with Crippen molar-refractivity contribution in [3.05, 3.63) is 21.9 Å². The number of hydrogen-bond donors (Lipinski definition) is 1. The highest BCUT2D eigenvalue weighted by molar-refractivity contribution is 7.98. The molecule has 1 heterocycles. The second-order valence-electron chi connectivity index (χ2n) is 3.84. The number of aliphatic hydroxyl groups excluding tert-OH is 1. The molecule has 5 heteroatoms. The fourth-order valence-electron chi connectivity index (χ4n) is 1.37. The standard InChI is InChI=1S/C13H17NO2S2/c1-10(9-17-3)14(2)13(16)12-7-6-11(18-12)5-4-8-15/h6-7,10,15H,8-9H2,1-3H3. The zero-order valence-corrected chi connectivity index (χ0v) is 12.4. The highest BCUT2D eigenvalue weighted by Gasteiger charge is 2.18. The van der Waals surface area contributed by atoms with E-state index in [1.165, 1.54) is 11.3 Å². The zero-order valence-electron chi connectivity index (χ0n) is 10.8. The highest BCUT2D eigenvalue weighted by atomic mass is 32.2. The SMILES string of the molecule is CSCC(C)N(C)C(=O)c1ccc(C#CCO)s1. The third kappa shape index (κ3) is 4.05. The second-order valence-corrected chi connectivity index (χ2v) is 5.84. The highest BCUT2D eigenvalue weighted by Crippen LogP contribution is 2.18. The van der Waals surface area contributed by atoms with E-state index >= 15 is 0 Å². The van der Waals surface area contributed by atoms with Gasteiger partial charge in [-0.15, -0.1) is 11.3 Å². The number of carbonyl (C=O) groups excluding carboxylic acids is 1. The van der Waals surface area contributed by atoms with Crippen LogP contribution in [0.1, 0.15) is 21.5 Å². The summed E-state index contributed by atoms with van der Waals surface area (Å²) in [6.07, 6.45) is 2.03. The Hall–Kier alpha value is -0.960. The van der Waals surface area contributed by atoms with E-state index in [0.717, 1.165) is 10.6 Å². The van der Waals surface area contributed by atoms with Gasteiger partial charge >= 0.3 is 0 Å². The van der Waals surface area contributed by atoms with E-state index < -0.39 is 0 Å². The fourth-order valence-corrected chi connectivity index (χ4v) is 2.94. The van der Waals surface area contributed by atoms with Crippen LogP contribution in [0.2, 0.25) is 0 Å². The molecular formula is C13H17NO2S2. The number of nitrogens with zero attached hydrogens (tertiary/aromatic N) is 1. The largest absolute Gasteiger partial charge is 0.384 e. The van der Waals surface area contributed by atoms with Crippen molar-refractivity contribution in [2.45, 2.75) is 13.0 Å². The Labute approximate surface area is 116 Å². The average Bonchev–Trinajstić information content (AvgIpc) is 2.83. The minimum atomic E-state index is -0.161. The van der Waals surface area contributed by atoms with Crippen molar-refractivity contribution in [1.29, 1.82) is 0 Å². The van der Waals surface area contributed by atoms with Gasteiger partial charge in [0.1, 0.15) is 6.61 Å². The lowest BCUT2D eigenvalue weighted by Crippen LogP contribution is -2.36. The van der Waals surface area contributed by atoms with Crippen LogP contribution in [0.5, 0.6) is 0 Å². The molecule has 0 aliphatic heterocycles. The summed E-state index contributed by atoms with van der Waals surface area (Å²) in [5.74, 6) is 6.33. The third-order valence-electron chi connectivity index (χ3n) is 2.50. The summed E-state index contributed by atoms with van der Waals surface area (Å²) in [6.45, 7) is 1.88. The zero-order chi connectivity index (χ0) is 13.5. The molecule has 0 aliphatic carbocycles. The first-order valence-corrected chi connectivity index (χ1v) is 7.76. The normalized spacial score (nSPS) is 11.6. The number of thioether (sulfide) groups is 1. The molecule has 0 radical (unpaired) electrons. The molecular weight excluding hydrogens is 266 g/mol. The molecule has 1 rings (SSSR count). The molecule has 3 nitrogen and oxygen atoms in total. The van der Waals surface area contributed by atoms with Crippen molar-refractivity contribution in [3.63, 3.8) is 0 Å². The van der Waals surface area contributed by atoms with Gasteiger partial charge in [-0.2, -0.15) is 11.8 Å². The summed E-state index contributed by atoms with van der Waals surface area (Å²) in [4.78, 5) is 15.4. The van der Waals surface area contributed by atoms with Crippen molar-refractivity contribution in [2.24, 2.45) is 0 Å². The van der Waals surface area contributed by atoms with Crippen LogP contribution < -0.4 is 0 Å². The second kappa shape index (κ2) is 7.47. The molecule has 0 spiro atoms. The van der Waals surface area contributed by atoms with Gasteiger partial charge in [0.05, 0.1) is 9.75 Å². The van der Waals surface area contributed by atoms with Crippen LogP contribution in [0.15, 0.2) is 12.1 Å². The van der Waals surface area contributed by atoms with Crippen molar-refractivity contribution < 1.29 is 9.90 Å². The van der Waals surface area contributed by atoms with E-state index in [2.05, 4.69) is 11.8 Å². The van der Waals surface area contributed by atoms with Crippen molar-refractivity contribution >= 4 is 29.0 Å². The molecule has 0 fully saturated rings. The number of rotatable bonds is 4. The van der Waals surface area contributed by atoms with Gasteiger partial charge in [-0.25, -0.2) is 0 Å². The van der Waals surface area contributed by atoms with Crippen LogP contribution in [0.25, 0.3) is 0 Å². The van der Waals surface area contributed by atoms with E-state index in [4.69, 9.17) is 5.11 Å². The Kier molecular flexibility index (Phi) is 6.27. The minimum absolute atomic E-state index is 0.0265. The summed E-state index contributed by atoms with van der Waals surface area (Å²) < 4.78 is 0. The van der Waals surface area contributed by atoms with E-state index in [0.29, 0.717) is 4.88 Å². The van der Waals surface area contributed by atoms with Crippen molar-refractivity contribution in [2.75, 3.05) is 25.7 Å². The lowest BCUT2D eigenvalue weighted by Gasteiger charge is -2.23. The monoisotopic (exact) mass is 283 g/mol. The fraction of sp³-hybridized carbons (Fsp3) is 0.462. The maximum atomic E-state index is 12.2. The van der Waals surface area contributed by atoms with Crippen molar-refractivity contribution in [3.8, 4) is 11.8 Å². The summed E-state index contributed by atoms with van der Waals surface area (Å²) >= 11 is 3.09. The van der Waals surface area contributed by atoms with E-state index in [9.17, 15) is 4.79 Å². The van der Waals surface area contributed by atoms with Gasteiger partial charge in [0.15, 0.2) is 0 Å². The molecule has 1 unspecified atom stereocenters. The van der Waals surface area contributed by atoms with E-state index in [1.807, 2.05) is 26.3 Å². The molecule has 1 amide bonds. The molecule has 0 aromatic carbocycles. The maximum absolute atomic E-state index is 12.2. The number of carbonyl (C=O) groups is 1. The molecule has 0 saturated carbocycles. The lowest BCUT2D eigenvalue weighted by molar-refractivity contribution is 0.0762. The van der Waals surface area contributed by atoms with Gasteiger partial charge in [0.25, 0.3) is 5.91 Å². The smallest absolute Gasteiger partial charge is 0.263 e. The van der Waals surface area contributed by atoms with Crippen LogP contribution in [0.4, 0.5) is 0 Å². The predicted octanol–water partition coefficient (Wildman–Crippen LogP) is 1.92. The molecule has 0 bridgehead atoms. The number of amides is 1. The van der Waals surface area contributed by atoms with Crippen LogP contribution >= 0.6 is 23.1 Å². The van der Waals surface area contributed by atoms with Gasteiger partial charge in [0.2, 0.25) is 0 Å². The van der Waals surface area contributed by atoms with Gasteiger partial charge in [-0.05, 0) is 25.3 Å². The summed E-state index contributed by atoms with van der Waals surface area (Å²) in [7, 11) is 1.82. The Balaban J connectivity index is 2.75. The third-order valence-corrected chi connectivity index (χ3v) is 4.30. The number of hydrogen-bond acceptors (Lipinski definition) is 4. The van der Waals surface area contributed by atoms with Crippen LogP contribution in [0.3, 0.4) is 0 Å². The van der Waals surface area contributed by atoms with E-state index in [1.54, 1.807) is 22.7 Å². The predicted molar refractivity (Wildman–Crippen MR) is 78.2 cm³/mol. The molecule has 98 valence electrons. The topological polar surface area (TPSA) is 40.5 Å². The molecule has 18 heavy (non-hydrogen) atoms. The van der Waals surface area contributed by atoms with Gasteiger partial charge in [-0.3, -0.25) is 4.79 Å². The van der Waals surface area contributed by atoms with Crippen LogP contribution in [-0.2, 0) is 0 Å². The van der Waals surface area contributed by atoms with Crippen molar-refractivity contribution in [1.82, 2.24) is 4.90 Å². The Morgan fingerprint density at radius 3 is 2.94 bits per heavy atom. The molecule has 1 N–H and O–H groups in total.